The van der Waals surface area contributed by atoms with Crippen molar-refractivity contribution in [2.24, 2.45) is 0 Å². The molecule has 1 N–H and O–H groups in total. The smallest absolute Gasteiger partial charge is 0.323 e. The molecule has 0 amide bonds. The number of morpholine rings is 1. The van der Waals surface area contributed by atoms with Gasteiger partial charge >= 0.3 is 6.01 Å². The van der Waals surface area contributed by atoms with E-state index in [0.29, 0.717) is 31.1 Å². The molecule has 1 atom stereocenters. The van der Waals surface area contributed by atoms with Crippen LogP contribution in [-0.4, -0.2) is 65.6 Å². The lowest BCUT2D eigenvalue weighted by Gasteiger charge is -2.37. The van der Waals surface area contributed by atoms with Crippen LogP contribution in [0, 0.1) is 0 Å². The van der Waals surface area contributed by atoms with Gasteiger partial charge in [-0.3, -0.25) is 0 Å². The van der Waals surface area contributed by atoms with Crippen LogP contribution in [0.5, 0.6) is 6.01 Å². The average molecular weight is 426 g/mol. The van der Waals surface area contributed by atoms with Crippen LogP contribution in [0.1, 0.15) is 49.3 Å². The average Bonchev–Trinajstić information content (AvgIpc) is 2.84. The van der Waals surface area contributed by atoms with Crippen molar-refractivity contribution in [3.8, 4) is 6.01 Å². The van der Waals surface area contributed by atoms with Gasteiger partial charge in [0.05, 0.1) is 25.9 Å². The van der Waals surface area contributed by atoms with E-state index in [1.54, 1.807) is 0 Å². The van der Waals surface area contributed by atoms with Crippen molar-refractivity contribution < 1.29 is 14.6 Å². The highest BCUT2D eigenvalue weighted by Crippen LogP contribution is 2.33. The van der Waals surface area contributed by atoms with E-state index in [1.807, 2.05) is 6.07 Å². The summed E-state index contributed by atoms with van der Waals surface area (Å²) in [6, 6.07) is 8.53. The summed E-state index contributed by atoms with van der Waals surface area (Å²) in [5.74, 6) is 1.21. The highest BCUT2D eigenvalue weighted by atomic mass is 16.5. The third-order valence-electron chi connectivity index (χ3n) is 6.55. The Morgan fingerprint density at radius 1 is 0.968 bits per heavy atom. The predicted octanol–water partition coefficient (Wildman–Crippen LogP) is 2.52. The summed E-state index contributed by atoms with van der Waals surface area (Å²) in [4.78, 5) is 18.5. The van der Waals surface area contributed by atoms with Gasteiger partial charge in [-0.05, 0) is 43.2 Å². The zero-order valence-corrected chi connectivity index (χ0v) is 17.9. The number of nitrogens with zero attached hydrogens (tertiary/aromatic N) is 5. The Bertz CT molecular complexity index is 883. The fourth-order valence-corrected chi connectivity index (χ4v) is 4.84. The minimum absolute atomic E-state index is 0.00833. The summed E-state index contributed by atoms with van der Waals surface area (Å²) >= 11 is 0. The molecule has 1 saturated carbocycles. The zero-order chi connectivity index (χ0) is 21.0. The number of ether oxygens (including phenoxy) is 2. The summed E-state index contributed by atoms with van der Waals surface area (Å²) in [5, 5.41) is 10.2. The monoisotopic (exact) mass is 425 g/mol. The van der Waals surface area contributed by atoms with Gasteiger partial charge in [0.1, 0.15) is 6.10 Å². The third kappa shape index (κ3) is 4.45. The number of anilines is 2. The number of aromatic nitrogens is 3. The molecular weight excluding hydrogens is 394 g/mol. The Kier molecular flexibility index (Phi) is 6.18. The molecule has 0 spiro atoms. The maximum Gasteiger partial charge on any atom is 0.323 e. The molecule has 1 aromatic carbocycles. The second kappa shape index (κ2) is 9.36. The van der Waals surface area contributed by atoms with Crippen molar-refractivity contribution in [2.75, 3.05) is 49.3 Å². The summed E-state index contributed by atoms with van der Waals surface area (Å²) in [6.07, 6.45) is 6.80. The summed E-state index contributed by atoms with van der Waals surface area (Å²) in [6.45, 7) is 3.58. The topological polar surface area (TPSA) is 83.8 Å². The Morgan fingerprint density at radius 3 is 2.55 bits per heavy atom. The molecule has 0 unspecified atom stereocenters. The highest BCUT2D eigenvalue weighted by molar-refractivity contribution is 5.47. The highest BCUT2D eigenvalue weighted by Gasteiger charge is 2.30. The SMILES string of the molecule is OC[C@@H]1c2ccccc2CCN1c1nc(OC2CCCCC2)nc(N2CCOCC2)n1. The minimum Gasteiger partial charge on any atom is -0.460 e. The van der Waals surface area contributed by atoms with Crippen molar-refractivity contribution in [3.05, 3.63) is 35.4 Å². The van der Waals surface area contributed by atoms with Crippen LogP contribution in [-0.2, 0) is 11.2 Å². The summed E-state index contributed by atoms with van der Waals surface area (Å²) < 4.78 is 11.8. The standard InChI is InChI=1S/C23H31N5O3/c29-16-20-19-9-5-4-6-17(19)10-11-28(20)22-24-21(27-12-14-30-15-13-27)25-23(26-22)31-18-7-2-1-3-8-18/h4-6,9,18,20,29H,1-3,7-8,10-16H2/t20-/m1/s1. The molecule has 8 heteroatoms. The lowest BCUT2D eigenvalue weighted by Crippen LogP contribution is -2.40. The summed E-state index contributed by atoms with van der Waals surface area (Å²) in [5.41, 5.74) is 2.42. The van der Waals surface area contributed by atoms with Crippen molar-refractivity contribution in [2.45, 2.75) is 50.7 Å². The molecule has 2 aliphatic heterocycles. The molecule has 31 heavy (non-hydrogen) atoms. The molecule has 1 saturated heterocycles. The van der Waals surface area contributed by atoms with Gasteiger partial charge in [0, 0.05) is 19.6 Å². The van der Waals surface area contributed by atoms with E-state index in [1.165, 1.54) is 24.8 Å². The second-order valence-corrected chi connectivity index (χ2v) is 8.54. The number of hydrogen-bond acceptors (Lipinski definition) is 8. The van der Waals surface area contributed by atoms with Gasteiger partial charge in [0.15, 0.2) is 0 Å². The third-order valence-corrected chi connectivity index (χ3v) is 6.55. The van der Waals surface area contributed by atoms with Gasteiger partial charge in [-0.25, -0.2) is 0 Å². The Morgan fingerprint density at radius 2 is 1.74 bits per heavy atom. The van der Waals surface area contributed by atoms with E-state index >= 15 is 0 Å². The first-order chi connectivity index (χ1) is 15.3. The molecule has 5 rings (SSSR count). The number of aliphatic hydroxyl groups is 1. The lowest BCUT2D eigenvalue weighted by molar-refractivity contribution is 0.121. The minimum atomic E-state index is -0.174. The molecule has 1 aliphatic carbocycles. The van der Waals surface area contributed by atoms with Crippen molar-refractivity contribution in [1.29, 1.82) is 0 Å². The van der Waals surface area contributed by atoms with Crippen molar-refractivity contribution in [3.63, 3.8) is 0 Å². The second-order valence-electron chi connectivity index (χ2n) is 8.54. The molecule has 8 nitrogen and oxygen atoms in total. The molecule has 2 fully saturated rings. The molecule has 0 bridgehead atoms. The summed E-state index contributed by atoms with van der Waals surface area (Å²) in [7, 11) is 0. The van der Waals surface area contributed by atoms with E-state index in [2.05, 4.69) is 33.0 Å². The number of hydrogen-bond donors (Lipinski definition) is 1. The van der Waals surface area contributed by atoms with E-state index in [-0.39, 0.29) is 18.8 Å². The molecule has 0 radical (unpaired) electrons. The van der Waals surface area contributed by atoms with E-state index in [9.17, 15) is 5.11 Å². The maximum absolute atomic E-state index is 10.2. The van der Waals surface area contributed by atoms with Crippen LogP contribution in [0.25, 0.3) is 0 Å². The molecule has 3 heterocycles. The van der Waals surface area contributed by atoms with E-state index in [4.69, 9.17) is 19.4 Å². The first-order valence-electron chi connectivity index (χ1n) is 11.5. The first kappa shape index (κ1) is 20.5. The number of fused-ring (bicyclic) bond motifs is 1. The van der Waals surface area contributed by atoms with Crippen LogP contribution in [0.15, 0.2) is 24.3 Å². The number of benzene rings is 1. The Balaban J connectivity index is 1.48. The first-order valence-corrected chi connectivity index (χ1v) is 11.5. The van der Waals surface area contributed by atoms with Gasteiger partial charge < -0.3 is 24.4 Å². The van der Waals surface area contributed by atoms with Crippen LogP contribution in [0.3, 0.4) is 0 Å². The molecule has 2 aromatic rings. The van der Waals surface area contributed by atoms with Crippen LogP contribution in [0.2, 0.25) is 0 Å². The zero-order valence-electron chi connectivity index (χ0n) is 17.9. The van der Waals surface area contributed by atoms with E-state index in [0.717, 1.165) is 44.5 Å². The fourth-order valence-electron chi connectivity index (χ4n) is 4.84. The van der Waals surface area contributed by atoms with Crippen LogP contribution in [0.4, 0.5) is 11.9 Å². The van der Waals surface area contributed by atoms with Crippen LogP contribution >= 0.6 is 0 Å². The Hall–Kier alpha value is -2.45. The van der Waals surface area contributed by atoms with E-state index < -0.39 is 0 Å². The largest absolute Gasteiger partial charge is 0.460 e. The maximum atomic E-state index is 10.2. The van der Waals surface area contributed by atoms with Gasteiger partial charge in [-0.2, -0.15) is 15.0 Å². The number of aliphatic hydroxyl groups excluding tert-OH is 1. The molecule has 3 aliphatic rings. The molecular formula is C23H31N5O3. The Labute approximate surface area is 183 Å². The predicted molar refractivity (Wildman–Crippen MR) is 118 cm³/mol. The normalized spacial score (nSPS) is 22.3. The van der Waals surface area contributed by atoms with Crippen molar-refractivity contribution in [1.82, 2.24) is 15.0 Å². The van der Waals surface area contributed by atoms with Crippen molar-refractivity contribution >= 4 is 11.9 Å². The molecule has 166 valence electrons. The van der Waals surface area contributed by atoms with Gasteiger partial charge in [0.2, 0.25) is 11.9 Å². The van der Waals surface area contributed by atoms with Gasteiger partial charge in [0.25, 0.3) is 0 Å². The number of rotatable bonds is 5. The van der Waals surface area contributed by atoms with Crippen LogP contribution < -0.4 is 14.5 Å². The quantitative estimate of drug-likeness (QED) is 0.782. The lowest BCUT2D eigenvalue weighted by atomic mass is 9.93. The van der Waals surface area contributed by atoms with Gasteiger partial charge in [-0.15, -0.1) is 0 Å². The fraction of sp³-hybridized carbons (Fsp3) is 0.609. The molecule has 1 aromatic heterocycles. The van der Waals surface area contributed by atoms with Gasteiger partial charge in [-0.1, -0.05) is 30.7 Å².